The zero-order valence-electron chi connectivity index (χ0n) is 30.1. The zero-order valence-corrected chi connectivity index (χ0v) is 30.1. The van der Waals surface area contributed by atoms with Crippen molar-refractivity contribution in [3.05, 3.63) is 235 Å². The van der Waals surface area contributed by atoms with Gasteiger partial charge in [-0.05, 0) is 92.2 Å². The van der Waals surface area contributed by atoms with Gasteiger partial charge in [0.25, 0.3) is 0 Å². The summed E-state index contributed by atoms with van der Waals surface area (Å²) in [5.41, 5.74) is 15.0. The number of benzene rings is 9. The van der Waals surface area contributed by atoms with Crippen molar-refractivity contribution < 1.29 is 4.74 Å². The molecule has 2 heteroatoms. The maximum Gasteiger partial charge on any atom is 0.132 e. The second-order valence-electron chi connectivity index (χ2n) is 14.4. The van der Waals surface area contributed by atoms with Crippen molar-refractivity contribution in [1.82, 2.24) is 0 Å². The lowest BCUT2D eigenvalue weighted by atomic mass is 9.66. The minimum atomic E-state index is -0.535. The quantitative estimate of drug-likeness (QED) is 0.177. The van der Waals surface area contributed by atoms with E-state index < -0.39 is 5.41 Å². The summed E-state index contributed by atoms with van der Waals surface area (Å²) in [5.74, 6) is 1.79. The number of hydrogen-bond acceptors (Lipinski definition) is 2. The topological polar surface area (TPSA) is 12.5 Å². The van der Waals surface area contributed by atoms with Crippen LogP contribution in [0.4, 0.5) is 17.1 Å². The Hall–Kier alpha value is -7.16. The van der Waals surface area contributed by atoms with Crippen LogP contribution in [0.5, 0.6) is 11.5 Å². The molecule has 0 N–H and O–H groups in total. The average molecular weight is 702 g/mol. The summed E-state index contributed by atoms with van der Waals surface area (Å²) in [5, 5.41) is 2.50. The third-order valence-corrected chi connectivity index (χ3v) is 11.5. The summed E-state index contributed by atoms with van der Waals surface area (Å²) in [6.07, 6.45) is 0. The Kier molecular flexibility index (Phi) is 7.11. The van der Waals surface area contributed by atoms with Crippen LogP contribution in [0.2, 0.25) is 0 Å². The van der Waals surface area contributed by atoms with Crippen LogP contribution in [-0.2, 0) is 5.41 Å². The molecule has 9 aromatic rings. The van der Waals surface area contributed by atoms with E-state index in [9.17, 15) is 0 Å². The Morgan fingerprint density at radius 1 is 0.327 bits per heavy atom. The molecule has 1 spiro atoms. The first-order valence-corrected chi connectivity index (χ1v) is 18.9. The fourth-order valence-corrected chi connectivity index (χ4v) is 9.30. The molecule has 0 amide bonds. The first kappa shape index (κ1) is 31.4. The molecule has 0 bridgehead atoms. The van der Waals surface area contributed by atoms with E-state index in [4.69, 9.17) is 4.74 Å². The Morgan fingerprint density at radius 2 is 0.800 bits per heavy atom. The third kappa shape index (κ3) is 4.68. The van der Waals surface area contributed by atoms with Gasteiger partial charge < -0.3 is 9.64 Å². The molecule has 0 saturated heterocycles. The van der Waals surface area contributed by atoms with E-state index in [-0.39, 0.29) is 0 Å². The summed E-state index contributed by atoms with van der Waals surface area (Å²) in [4.78, 5) is 2.42. The molecule has 1 heterocycles. The van der Waals surface area contributed by atoms with Crippen LogP contribution >= 0.6 is 0 Å². The SMILES string of the molecule is c1ccc(-c2cccc3c(-c4ccc(N(c5ccccc5)c5cccc6c5-c5ccccc5C65c6ccccc6Oc6ccccc65)cc4)cccc23)cc1. The van der Waals surface area contributed by atoms with Crippen molar-refractivity contribution in [1.29, 1.82) is 0 Å². The summed E-state index contributed by atoms with van der Waals surface area (Å²) in [6.45, 7) is 0. The lowest BCUT2D eigenvalue weighted by Crippen LogP contribution is -2.32. The molecule has 9 aromatic carbocycles. The van der Waals surface area contributed by atoms with E-state index in [1.807, 2.05) is 0 Å². The van der Waals surface area contributed by atoms with Gasteiger partial charge in [0.05, 0.1) is 11.1 Å². The van der Waals surface area contributed by atoms with Crippen LogP contribution in [-0.4, -0.2) is 0 Å². The number of hydrogen-bond donors (Lipinski definition) is 0. The van der Waals surface area contributed by atoms with Gasteiger partial charge in [-0.15, -0.1) is 0 Å². The summed E-state index contributed by atoms with van der Waals surface area (Å²) < 4.78 is 6.60. The summed E-state index contributed by atoms with van der Waals surface area (Å²) in [7, 11) is 0. The number of ether oxygens (including phenoxy) is 1. The van der Waals surface area contributed by atoms with Crippen molar-refractivity contribution in [2.45, 2.75) is 5.41 Å². The number of fused-ring (bicyclic) bond motifs is 10. The molecule has 0 saturated carbocycles. The van der Waals surface area contributed by atoms with Crippen LogP contribution < -0.4 is 9.64 Å². The second kappa shape index (κ2) is 12.5. The zero-order chi connectivity index (χ0) is 36.3. The lowest BCUT2D eigenvalue weighted by molar-refractivity contribution is 0.436. The molecule has 0 aromatic heterocycles. The average Bonchev–Trinajstić information content (AvgIpc) is 3.55. The molecule has 0 atom stereocenters. The van der Waals surface area contributed by atoms with Crippen molar-refractivity contribution in [2.24, 2.45) is 0 Å². The van der Waals surface area contributed by atoms with Gasteiger partial charge in [-0.25, -0.2) is 0 Å². The molecular weight excluding hydrogens is 667 g/mol. The minimum absolute atomic E-state index is 0.535. The number of nitrogens with zero attached hydrogens (tertiary/aromatic N) is 1. The monoisotopic (exact) mass is 701 g/mol. The van der Waals surface area contributed by atoms with E-state index in [1.165, 1.54) is 55.3 Å². The van der Waals surface area contributed by atoms with E-state index in [0.29, 0.717) is 0 Å². The number of anilines is 3. The van der Waals surface area contributed by atoms with Gasteiger partial charge in [-0.1, -0.05) is 170 Å². The van der Waals surface area contributed by atoms with Crippen LogP contribution in [0, 0.1) is 0 Å². The van der Waals surface area contributed by atoms with E-state index in [2.05, 4.69) is 217 Å². The smallest absolute Gasteiger partial charge is 0.132 e. The van der Waals surface area contributed by atoms with E-state index >= 15 is 0 Å². The molecule has 0 radical (unpaired) electrons. The number of para-hydroxylation sites is 3. The Morgan fingerprint density at radius 3 is 1.45 bits per heavy atom. The van der Waals surface area contributed by atoms with Gasteiger partial charge in [0, 0.05) is 28.1 Å². The Bertz CT molecular complexity index is 2850. The molecule has 1 aliphatic carbocycles. The number of rotatable bonds is 5. The maximum atomic E-state index is 6.60. The highest BCUT2D eigenvalue weighted by Gasteiger charge is 2.51. The second-order valence-corrected chi connectivity index (χ2v) is 14.4. The van der Waals surface area contributed by atoms with E-state index in [1.54, 1.807) is 0 Å². The molecule has 55 heavy (non-hydrogen) atoms. The molecule has 1 aliphatic heterocycles. The molecule has 11 rings (SSSR count). The van der Waals surface area contributed by atoms with Crippen LogP contribution in [0.15, 0.2) is 212 Å². The molecular formula is C53H35NO. The van der Waals surface area contributed by atoms with Gasteiger partial charge >= 0.3 is 0 Å². The predicted molar refractivity (Wildman–Crippen MR) is 227 cm³/mol. The molecule has 2 aliphatic rings. The van der Waals surface area contributed by atoms with Gasteiger partial charge in [0.2, 0.25) is 0 Å². The fourth-order valence-electron chi connectivity index (χ4n) is 9.30. The van der Waals surface area contributed by atoms with Gasteiger partial charge in [-0.3, -0.25) is 0 Å². The highest BCUT2D eigenvalue weighted by Crippen LogP contribution is 2.64. The summed E-state index contributed by atoms with van der Waals surface area (Å²) >= 11 is 0. The van der Waals surface area contributed by atoms with Gasteiger partial charge in [0.1, 0.15) is 11.5 Å². The Labute approximate surface area is 321 Å². The van der Waals surface area contributed by atoms with Gasteiger partial charge in [0.15, 0.2) is 0 Å². The normalized spacial score (nSPS) is 13.0. The highest BCUT2D eigenvalue weighted by atomic mass is 16.5. The third-order valence-electron chi connectivity index (χ3n) is 11.5. The molecule has 0 fully saturated rings. The van der Waals surface area contributed by atoms with Crippen LogP contribution in [0.1, 0.15) is 22.3 Å². The molecule has 258 valence electrons. The van der Waals surface area contributed by atoms with Gasteiger partial charge in [-0.2, -0.15) is 0 Å². The van der Waals surface area contributed by atoms with Crippen molar-refractivity contribution >= 4 is 27.8 Å². The first-order valence-electron chi connectivity index (χ1n) is 18.9. The largest absolute Gasteiger partial charge is 0.457 e. The predicted octanol–water partition coefficient (Wildman–Crippen LogP) is 14.1. The minimum Gasteiger partial charge on any atom is -0.457 e. The highest BCUT2D eigenvalue weighted by molar-refractivity contribution is 6.05. The fraction of sp³-hybridized carbons (Fsp3) is 0.0189. The van der Waals surface area contributed by atoms with Crippen molar-refractivity contribution in [2.75, 3.05) is 4.90 Å². The van der Waals surface area contributed by atoms with Crippen LogP contribution in [0.25, 0.3) is 44.2 Å². The first-order chi connectivity index (χ1) is 27.3. The maximum absolute atomic E-state index is 6.60. The Balaban J connectivity index is 1.11. The summed E-state index contributed by atoms with van der Waals surface area (Å²) in [6, 6.07) is 76.7. The van der Waals surface area contributed by atoms with Crippen molar-refractivity contribution in [3.63, 3.8) is 0 Å². The van der Waals surface area contributed by atoms with Crippen LogP contribution in [0.3, 0.4) is 0 Å². The lowest BCUT2D eigenvalue weighted by Gasteiger charge is -2.39. The van der Waals surface area contributed by atoms with Crippen molar-refractivity contribution in [3.8, 4) is 44.9 Å². The standard InChI is InChI=1S/C53H35NO/c1-3-16-36(17-4-1)40-21-13-24-43-41(22-14-23-42(40)43)37-32-34-39(35-33-37)54(38-18-5-2-6-19-38)49-29-15-28-48-52(49)44-20-7-8-25-45(44)53(48)46-26-9-11-30-50(46)55-51-31-12-10-27-47(51)53/h1-35H. The molecule has 2 nitrogen and oxygen atoms in total. The van der Waals surface area contributed by atoms with E-state index in [0.717, 1.165) is 39.7 Å². The molecule has 0 unspecified atom stereocenters.